The van der Waals surface area contributed by atoms with Gasteiger partial charge in [-0.3, -0.25) is 9.59 Å². The zero-order valence-electron chi connectivity index (χ0n) is 9.03. The number of carbonyl (C=O) groups excluding carboxylic acids is 2. The first-order valence-corrected chi connectivity index (χ1v) is 4.79. The Kier molecular flexibility index (Phi) is 4.32. The number of nitrogens with one attached hydrogen (secondary N) is 1. The highest BCUT2D eigenvalue weighted by molar-refractivity contribution is 5.83. The molecule has 0 bridgehead atoms. The van der Waals surface area contributed by atoms with Crippen LogP contribution in [0, 0.1) is 0 Å². The maximum absolute atomic E-state index is 11.4. The number of benzene rings is 1. The number of esters is 1. The zero-order valence-corrected chi connectivity index (χ0v) is 9.03. The Hall–Kier alpha value is -2.04. The number of ether oxygens (including phenoxy) is 1. The molecule has 0 aromatic heterocycles. The number of hydrogen-bond donors (Lipinski definition) is 2. The topological polar surface area (TPSA) is 81.4 Å². The molecule has 0 aliphatic heterocycles. The van der Waals surface area contributed by atoms with Gasteiger partial charge in [0.1, 0.15) is 6.54 Å². The first-order chi connectivity index (χ1) is 7.61. The Balaban J connectivity index is 2.40. The van der Waals surface area contributed by atoms with Gasteiger partial charge in [-0.15, -0.1) is 0 Å². The fraction of sp³-hybridized carbons (Fsp3) is 0.273. The molecule has 1 aromatic carbocycles. The number of anilines is 1. The summed E-state index contributed by atoms with van der Waals surface area (Å²) in [5, 5.41) is 2.45. The molecular formula is C11H14N2O3. The van der Waals surface area contributed by atoms with Crippen LogP contribution in [0.25, 0.3) is 0 Å². The average molecular weight is 222 g/mol. The third-order valence-corrected chi connectivity index (χ3v) is 2.00. The molecule has 3 N–H and O–H groups in total. The lowest BCUT2D eigenvalue weighted by Gasteiger charge is -2.04. The lowest BCUT2D eigenvalue weighted by atomic mass is 10.1. The van der Waals surface area contributed by atoms with Crippen molar-refractivity contribution in [2.75, 3.05) is 19.4 Å². The summed E-state index contributed by atoms with van der Waals surface area (Å²) in [6.07, 6.45) is 0.220. The van der Waals surface area contributed by atoms with E-state index in [4.69, 9.17) is 5.73 Å². The maximum atomic E-state index is 11.4. The van der Waals surface area contributed by atoms with Gasteiger partial charge in [0, 0.05) is 5.69 Å². The van der Waals surface area contributed by atoms with Crippen LogP contribution in [-0.2, 0) is 20.7 Å². The molecule has 0 heterocycles. The quantitative estimate of drug-likeness (QED) is 0.559. The van der Waals surface area contributed by atoms with Crippen LogP contribution in [0.2, 0.25) is 0 Å². The lowest BCUT2D eigenvalue weighted by molar-refractivity contribution is -0.141. The molecule has 0 atom stereocenters. The number of carbonyl (C=O) groups is 2. The molecule has 1 aromatic rings. The van der Waals surface area contributed by atoms with Crippen molar-refractivity contribution in [1.82, 2.24) is 5.32 Å². The van der Waals surface area contributed by atoms with Gasteiger partial charge in [0.25, 0.3) is 0 Å². The molecule has 5 heteroatoms. The molecule has 16 heavy (non-hydrogen) atoms. The van der Waals surface area contributed by atoms with Gasteiger partial charge in [-0.05, 0) is 17.7 Å². The average Bonchev–Trinajstić information content (AvgIpc) is 2.29. The summed E-state index contributed by atoms with van der Waals surface area (Å²) in [7, 11) is 1.27. The Morgan fingerprint density at radius 3 is 2.50 bits per heavy atom. The Morgan fingerprint density at radius 1 is 1.31 bits per heavy atom. The minimum Gasteiger partial charge on any atom is -0.468 e. The molecule has 0 unspecified atom stereocenters. The van der Waals surface area contributed by atoms with Gasteiger partial charge < -0.3 is 15.8 Å². The second-order valence-electron chi connectivity index (χ2n) is 3.27. The van der Waals surface area contributed by atoms with Crippen LogP contribution in [-0.4, -0.2) is 25.5 Å². The summed E-state index contributed by atoms with van der Waals surface area (Å²) in [6, 6.07) is 6.99. The van der Waals surface area contributed by atoms with Crippen LogP contribution in [0.3, 0.4) is 0 Å². The summed E-state index contributed by atoms with van der Waals surface area (Å²) in [5.41, 5.74) is 7.01. The van der Waals surface area contributed by atoms with Crippen LogP contribution >= 0.6 is 0 Å². The number of hydrogen-bond acceptors (Lipinski definition) is 4. The third kappa shape index (κ3) is 4.00. The molecule has 0 saturated carbocycles. The van der Waals surface area contributed by atoms with Crippen molar-refractivity contribution in [2.24, 2.45) is 0 Å². The van der Waals surface area contributed by atoms with Crippen molar-refractivity contribution >= 4 is 17.6 Å². The predicted molar refractivity (Wildman–Crippen MR) is 59.6 cm³/mol. The normalized spacial score (nSPS) is 9.56. The van der Waals surface area contributed by atoms with E-state index in [1.165, 1.54) is 7.11 Å². The van der Waals surface area contributed by atoms with Crippen LogP contribution in [0.1, 0.15) is 5.56 Å². The van der Waals surface area contributed by atoms with Crippen LogP contribution in [0.4, 0.5) is 5.69 Å². The second-order valence-corrected chi connectivity index (χ2v) is 3.27. The molecule has 0 radical (unpaired) electrons. The van der Waals surface area contributed by atoms with E-state index in [0.29, 0.717) is 5.69 Å². The van der Waals surface area contributed by atoms with Gasteiger partial charge >= 0.3 is 5.97 Å². The van der Waals surface area contributed by atoms with Gasteiger partial charge in [0.2, 0.25) is 5.91 Å². The van der Waals surface area contributed by atoms with Crippen LogP contribution in [0.5, 0.6) is 0 Å². The molecular weight excluding hydrogens is 208 g/mol. The highest BCUT2D eigenvalue weighted by Crippen LogP contribution is 2.05. The van der Waals surface area contributed by atoms with E-state index >= 15 is 0 Å². The summed E-state index contributed by atoms with van der Waals surface area (Å²) in [5.74, 6) is -0.694. The largest absolute Gasteiger partial charge is 0.468 e. The van der Waals surface area contributed by atoms with Gasteiger partial charge in [-0.2, -0.15) is 0 Å². The maximum Gasteiger partial charge on any atom is 0.325 e. The Morgan fingerprint density at radius 2 is 1.94 bits per heavy atom. The molecule has 1 amide bonds. The summed E-state index contributed by atoms with van der Waals surface area (Å²) in [6.45, 7) is -0.107. The van der Waals surface area contributed by atoms with Crippen LogP contribution < -0.4 is 11.1 Å². The van der Waals surface area contributed by atoms with Gasteiger partial charge in [-0.25, -0.2) is 0 Å². The number of rotatable bonds is 4. The van der Waals surface area contributed by atoms with Crippen molar-refractivity contribution in [2.45, 2.75) is 6.42 Å². The fourth-order valence-electron chi connectivity index (χ4n) is 1.13. The molecule has 0 spiro atoms. The molecule has 5 nitrogen and oxygen atoms in total. The van der Waals surface area contributed by atoms with Crippen molar-refractivity contribution < 1.29 is 14.3 Å². The molecule has 86 valence electrons. The van der Waals surface area contributed by atoms with Crippen molar-refractivity contribution in [3.63, 3.8) is 0 Å². The zero-order chi connectivity index (χ0) is 12.0. The molecule has 1 rings (SSSR count). The predicted octanol–water partition coefficient (Wildman–Crippen LogP) is 0.100. The van der Waals surface area contributed by atoms with E-state index in [-0.39, 0.29) is 18.9 Å². The number of methoxy groups -OCH3 is 1. The first-order valence-electron chi connectivity index (χ1n) is 4.79. The monoisotopic (exact) mass is 222 g/mol. The van der Waals surface area contributed by atoms with E-state index in [1.807, 2.05) is 0 Å². The van der Waals surface area contributed by atoms with E-state index in [1.54, 1.807) is 24.3 Å². The molecule has 0 saturated heterocycles. The van der Waals surface area contributed by atoms with E-state index in [0.717, 1.165) is 5.56 Å². The lowest BCUT2D eigenvalue weighted by Crippen LogP contribution is -2.31. The summed E-state index contributed by atoms with van der Waals surface area (Å²) < 4.78 is 4.40. The van der Waals surface area contributed by atoms with Crippen molar-refractivity contribution in [3.05, 3.63) is 29.8 Å². The number of amides is 1. The fourth-order valence-corrected chi connectivity index (χ4v) is 1.13. The third-order valence-electron chi connectivity index (χ3n) is 2.00. The summed E-state index contributed by atoms with van der Waals surface area (Å²) in [4.78, 5) is 22.1. The number of nitrogen functional groups attached to an aromatic ring is 1. The standard InChI is InChI=1S/C11H14N2O3/c1-16-11(15)7-13-10(14)6-8-2-4-9(12)5-3-8/h2-5H,6-7,12H2,1H3,(H,13,14). The second kappa shape index (κ2) is 5.75. The Labute approximate surface area is 93.6 Å². The van der Waals surface area contributed by atoms with E-state index in [9.17, 15) is 9.59 Å². The van der Waals surface area contributed by atoms with Gasteiger partial charge in [0.15, 0.2) is 0 Å². The molecule has 0 aliphatic rings. The highest BCUT2D eigenvalue weighted by atomic mass is 16.5. The molecule has 0 aliphatic carbocycles. The van der Waals surface area contributed by atoms with Gasteiger partial charge in [0.05, 0.1) is 13.5 Å². The highest BCUT2D eigenvalue weighted by Gasteiger charge is 2.05. The minimum atomic E-state index is -0.467. The first kappa shape index (κ1) is 12.0. The van der Waals surface area contributed by atoms with Gasteiger partial charge in [-0.1, -0.05) is 12.1 Å². The van der Waals surface area contributed by atoms with E-state index in [2.05, 4.69) is 10.1 Å². The minimum absolute atomic E-state index is 0.107. The number of nitrogens with two attached hydrogens (primary N) is 1. The Bertz CT molecular complexity index is 373. The van der Waals surface area contributed by atoms with Crippen LogP contribution in [0.15, 0.2) is 24.3 Å². The smallest absolute Gasteiger partial charge is 0.325 e. The van der Waals surface area contributed by atoms with Crippen molar-refractivity contribution in [1.29, 1.82) is 0 Å². The van der Waals surface area contributed by atoms with E-state index < -0.39 is 5.97 Å². The van der Waals surface area contributed by atoms with Crippen molar-refractivity contribution in [3.8, 4) is 0 Å². The molecule has 0 fully saturated rings. The SMILES string of the molecule is COC(=O)CNC(=O)Cc1ccc(N)cc1. The summed E-state index contributed by atoms with van der Waals surface area (Å²) >= 11 is 0.